The Morgan fingerprint density at radius 1 is 1.26 bits per heavy atom. The van der Waals surface area contributed by atoms with Crippen molar-refractivity contribution in [1.82, 2.24) is 0 Å². The molecule has 0 spiro atoms. The normalized spacial score (nSPS) is 15.1. The summed E-state index contributed by atoms with van der Waals surface area (Å²) in [6.07, 6.45) is -5.61. The van der Waals surface area contributed by atoms with Crippen LogP contribution in [0.25, 0.3) is 0 Å². The van der Waals surface area contributed by atoms with Crippen LogP contribution >= 0.6 is 0 Å². The zero-order valence-corrected chi connectivity index (χ0v) is 10.8. The number of para-hydroxylation sites is 1. The number of ether oxygens (including phenoxy) is 1. The molecule has 0 aliphatic rings. The average Bonchev–Trinajstić information content (AvgIpc) is 2.34. The molecule has 0 aromatic heterocycles. The van der Waals surface area contributed by atoms with Gasteiger partial charge in [-0.2, -0.15) is 13.2 Å². The second kappa shape index (κ2) is 5.69. The molecule has 1 aromatic rings. The number of hydrogen-bond acceptors (Lipinski definition) is 3. The highest BCUT2D eigenvalue weighted by Crippen LogP contribution is 2.38. The monoisotopic (exact) mass is 278 g/mol. The molecule has 2 N–H and O–H groups in total. The van der Waals surface area contributed by atoms with Gasteiger partial charge in [-0.25, -0.2) is 0 Å². The van der Waals surface area contributed by atoms with E-state index >= 15 is 0 Å². The zero-order chi connectivity index (χ0) is 14.7. The Labute approximate surface area is 109 Å². The lowest BCUT2D eigenvalue weighted by atomic mass is 9.91. The van der Waals surface area contributed by atoms with Gasteiger partial charge in [-0.15, -0.1) is 0 Å². The van der Waals surface area contributed by atoms with Crippen molar-refractivity contribution in [2.24, 2.45) is 0 Å². The van der Waals surface area contributed by atoms with Crippen LogP contribution in [0.1, 0.15) is 25.3 Å². The van der Waals surface area contributed by atoms with Gasteiger partial charge < -0.3 is 14.9 Å². The number of aliphatic hydroxyl groups is 1. The first kappa shape index (κ1) is 15.6. The molecule has 19 heavy (non-hydrogen) atoms. The first-order valence-electron chi connectivity index (χ1n) is 5.89. The molecule has 0 fully saturated rings. The van der Waals surface area contributed by atoms with Gasteiger partial charge >= 0.3 is 6.18 Å². The van der Waals surface area contributed by atoms with E-state index in [-0.39, 0.29) is 17.9 Å². The summed E-state index contributed by atoms with van der Waals surface area (Å²) in [4.78, 5) is 0. The van der Waals surface area contributed by atoms with Crippen LogP contribution in [0.4, 0.5) is 13.2 Å². The van der Waals surface area contributed by atoms with Gasteiger partial charge in [-0.1, -0.05) is 19.1 Å². The van der Waals surface area contributed by atoms with Crippen molar-refractivity contribution in [1.29, 1.82) is 0 Å². The molecule has 3 nitrogen and oxygen atoms in total. The smallest absolute Gasteiger partial charge is 0.417 e. The number of phenolic OH excluding ortho intramolecular Hbond substituents is 1. The summed E-state index contributed by atoms with van der Waals surface area (Å²) >= 11 is 0. The lowest BCUT2D eigenvalue weighted by molar-refractivity contribution is -0.263. The standard InChI is InChI=1S/C13H17F3O3/c1-3-12(18,13(14,15)16)8-7-9-5-4-6-10(17)11(9)19-2/h4-6,17-18H,3,7-8H2,1-2H3. The van der Waals surface area contributed by atoms with Crippen molar-refractivity contribution in [3.63, 3.8) is 0 Å². The summed E-state index contributed by atoms with van der Waals surface area (Å²) in [6.45, 7) is 1.28. The van der Waals surface area contributed by atoms with E-state index in [0.717, 1.165) is 0 Å². The second-order valence-corrected chi connectivity index (χ2v) is 4.35. The van der Waals surface area contributed by atoms with Crippen LogP contribution in [-0.4, -0.2) is 29.1 Å². The fourth-order valence-corrected chi connectivity index (χ4v) is 1.86. The molecular formula is C13H17F3O3. The Kier molecular flexibility index (Phi) is 4.68. The fraction of sp³-hybridized carbons (Fsp3) is 0.538. The van der Waals surface area contributed by atoms with Gasteiger partial charge in [-0.3, -0.25) is 0 Å². The third-order valence-corrected chi connectivity index (χ3v) is 3.20. The molecule has 1 atom stereocenters. The summed E-state index contributed by atoms with van der Waals surface area (Å²) < 4.78 is 43.2. The summed E-state index contributed by atoms with van der Waals surface area (Å²) in [6, 6.07) is 4.47. The molecule has 1 aromatic carbocycles. The number of aromatic hydroxyl groups is 1. The molecule has 0 saturated carbocycles. The van der Waals surface area contributed by atoms with Crippen LogP contribution < -0.4 is 4.74 Å². The van der Waals surface area contributed by atoms with Gasteiger partial charge in [0.2, 0.25) is 0 Å². The largest absolute Gasteiger partial charge is 0.504 e. The van der Waals surface area contributed by atoms with E-state index in [0.29, 0.717) is 5.56 Å². The van der Waals surface area contributed by atoms with Crippen molar-refractivity contribution < 1.29 is 28.1 Å². The summed E-state index contributed by atoms with van der Waals surface area (Å²) in [7, 11) is 1.33. The maximum absolute atomic E-state index is 12.7. The number of benzene rings is 1. The number of alkyl halides is 3. The number of phenols is 1. The number of hydrogen-bond donors (Lipinski definition) is 2. The van der Waals surface area contributed by atoms with Gasteiger partial charge in [0.1, 0.15) is 0 Å². The molecular weight excluding hydrogens is 261 g/mol. The van der Waals surface area contributed by atoms with Crippen LogP contribution in [-0.2, 0) is 6.42 Å². The molecule has 1 unspecified atom stereocenters. The highest BCUT2D eigenvalue weighted by molar-refractivity contribution is 5.45. The minimum Gasteiger partial charge on any atom is -0.504 e. The lowest BCUT2D eigenvalue weighted by Crippen LogP contribution is -2.44. The van der Waals surface area contributed by atoms with Crippen molar-refractivity contribution in [3.05, 3.63) is 23.8 Å². The molecule has 0 heterocycles. The van der Waals surface area contributed by atoms with E-state index in [1.54, 1.807) is 6.07 Å². The van der Waals surface area contributed by atoms with Crippen LogP contribution in [0.3, 0.4) is 0 Å². The van der Waals surface area contributed by atoms with Crippen molar-refractivity contribution >= 4 is 0 Å². The first-order valence-corrected chi connectivity index (χ1v) is 5.89. The number of aryl methyl sites for hydroxylation is 1. The maximum atomic E-state index is 12.7. The quantitative estimate of drug-likeness (QED) is 0.870. The summed E-state index contributed by atoms with van der Waals surface area (Å²) in [5, 5.41) is 19.2. The van der Waals surface area contributed by atoms with Crippen molar-refractivity contribution in [2.45, 2.75) is 38.0 Å². The Morgan fingerprint density at radius 2 is 1.89 bits per heavy atom. The Hall–Kier alpha value is -1.43. The van der Waals surface area contributed by atoms with Crippen LogP contribution in [0.2, 0.25) is 0 Å². The Morgan fingerprint density at radius 3 is 2.37 bits per heavy atom. The topological polar surface area (TPSA) is 49.7 Å². The van der Waals surface area contributed by atoms with Gasteiger partial charge in [0, 0.05) is 0 Å². The predicted octanol–water partition coefficient (Wildman–Crippen LogP) is 3.04. The van der Waals surface area contributed by atoms with Gasteiger partial charge in [0.15, 0.2) is 17.1 Å². The molecule has 0 saturated heterocycles. The van der Waals surface area contributed by atoms with Crippen LogP contribution in [0, 0.1) is 0 Å². The van der Waals surface area contributed by atoms with E-state index in [2.05, 4.69) is 0 Å². The van der Waals surface area contributed by atoms with Crippen molar-refractivity contribution in [3.8, 4) is 11.5 Å². The third kappa shape index (κ3) is 3.32. The van der Waals surface area contributed by atoms with Crippen LogP contribution in [0.5, 0.6) is 11.5 Å². The van der Waals surface area contributed by atoms with Gasteiger partial charge in [0.05, 0.1) is 7.11 Å². The molecule has 1 rings (SSSR count). The predicted molar refractivity (Wildman–Crippen MR) is 64.3 cm³/mol. The zero-order valence-electron chi connectivity index (χ0n) is 10.8. The third-order valence-electron chi connectivity index (χ3n) is 3.20. The molecule has 6 heteroatoms. The van der Waals surface area contributed by atoms with E-state index < -0.39 is 24.6 Å². The Balaban J connectivity index is 2.90. The first-order chi connectivity index (χ1) is 8.75. The number of methoxy groups -OCH3 is 1. The molecule has 0 aliphatic heterocycles. The van der Waals surface area contributed by atoms with E-state index in [9.17, 15) is 23.4 Å². The molecule has 0 bridgehead atoms. The summed E-state index contributed by atoms with van der Waals surface area (Å²) in [5.74, 6) is 0.00942. The highest BCUT2D eigenvalue weighted by atomic mass is 19.4. The number of halogens is 3. The molecule has 0 amide bonds. The number of rotatable bonds is 5. The van der Waals surface area contributed by atoms with E-state index in [1.807, 2.05) is 0 Å². The average molecular weight is 278 g/mol. The Bertz CT molecular complexity index is 432. The maximum Gasteiger partial charge on any atom is 0.417 e. The second-order valence-electron chi connectivity index (χ2n) is 4.35. The lowest BCUT2D eigenvalue weighted by Gasteiger charge is -2.29. The molecule has 0 radical (unpaired) electrons. The SMILES string of the molecule is CCC(O)(CCc1cccc(O)c1OC)C(F)(F)F. The molecule has 0 aliphatic carbocycles. The molecule has 108 valence electrons. The van der Waals surface area contributed by atoms with E-state index in [1.165, 1.54) is 26.2 Å². The fourth-order valence-electron chi connectivity index (χ4n) is 1.86. The van der Waals surface area contributed by atoms with E-state index in [4.69, 9.17) is 4.74 Å². The minimum absolute atomic E-state index is 0.0403. The van der Waals surface area contributed by atoms with Gasteiger partial charge in [0.25, 0.3) is 0 Å². The minimum atomic E-state index is -4.67. The van der Waals surface area contributed by atoms with Crippen molar-refractivity contribution in [2.75, 3.05) is 7.11 Å². The summed E-state index contributed by atoms with van der Waals surface area (Å²) in [5.41, 5.74) is -2.29. The highest BCUT2D eigenvalue weighted by Gasteiger charge is 2.51. The van der Waals surface area contributed by atoms with Gasteiger partial charge in [-0.05, 0) is 30.9 Å². The van der Waals surface area contributed by atoms with Crippen LogP contribution in [0.15, 0.2) is 18.2 Å².